The number of nitrogens with zero attached hydrogens (tertiary/aromatic N) is 3. The van der Waals surface area contributed by atoms with E-state index < -0.39 is 0 Å². The molecule has 0 amide bonds. The van der Waals surface area contributed by atoms with E-state index in [1.807, 2.05) is 31.2 Å². The molecule has 0 saturated heterocycles. The van der Waals surface area contributed by atoms with Gasteiger partial charge < -0.3 is 16.0 Å². The number of hydrogen-bond acceptors (Lipinski definition) is 6. The number of nitrogens with one attached hydrogen (secondary N) is 2. The minimum absolute atomic E-state index is 0.235. The van der Waals surface area contributed by atoms with Gasteiger partial charge in [-0.15, -0.1) is 0 Å². The predicted molar refractivity (Wildman–Crippen MR) is 137 cm³/mol. The first-order chi connectivity index (χ1) is 15.8. The van der Waals surface area contributed by atoms with Crippen molar-refractivity contribution < 1.29 is 0 Å². The Morgan fingerprint density at radius 3 is 2.55 bits per heavy atom. The summed E-state index contributed by atoms with van der Waals surface area (Å²) < 4.78 is 0. The van der Waals surface area contributed by atoms with E-state index in [1.165, 1.54) is 17.5 Å². The molecule has 4 N–H and O–H groups in total. The molecule has 1 aliphatic heterocycles. The number of fused-ring (bicyclic) bond motifs is 1. The Morgan fingerprint density at radius 1 is 1.12 bits per heavy atom. The quantitative estimate of drug-likeness (QED) is 0.458. The van der Waals surface area contributed by atoms with Gasteiger partial charge in [0.15, 0.2) is 0 Å². The lowest BCUT2D eigenvalue weighted by atomic mass is 9.93. The third kappa shape index (κ3) is 4.24. The van der Waals surface area contributed by atoms with Crippen molar-refractivity contribution >= 4 is 29.1 Å². The highest BCUT2D eigenvalue weighted by molar-refractivity contribution is 6.16. The van der Waals surface area contributed by atoms with Crippen molar-refractivity contribution in [2.75, 3.05) is 17.6 Å². The first kappa shape index (κ1) is 22.3. The van der Waals surface area contributed by atoms with Crippen LogP contribution in [0.2, 0.25) is 0 Å². The maximum Gasteiger partial charge on any atom is 0.141 e. The number of benzene rings is 2. The summed E-state index contributed by atoms with van der Waals surface area (Å²) in [5.74, 6) is 0.820. The molecule has 0 spiro atoms. The zero-order valence-corrected chi connectivity index (χ0v) is 19.6. The zero-order chi connectivity index (χ0) is 23.7. The van der Waals surface area contributed by atoms with Crippen molar-refractivity contribution in [2.45, 2.75) is 33.7 Å². The Morgan fingerprint density at radius 2 is 1.85 bits per heavy atom. The van der Waals surface area contributed by atoms with Crippen LogP contribution in [0.1, 0.15) is 47.2 Å². The summed E-state index contributed by atoms with van der Waals surface area (Å²) in [6.07, 6.45) is 3.62. The largest absolute Gasteiger partial charge is 0.383 e. The maximum absolute atomic E-state index is 8.77. The molecule has 0 radical (unpaired) electrons. The van der Waals surface area contributed by atoms with Crippen molar-refractivity contribution in [1.82, 2.24) is 14.9 Å². The number of nitrogens with two attached hydrogens (primary N) is 1. The van der Waals surface area contributed by atoms with Gasteiger partial charge in [-0.2, -0.15) is 0 Å². The molecule has 1 aromatic heterocycles. The molecule has 168 valence electrons. The summed E-state index contributed by atoms with van der Waals surface area (Å²) in [5.41, 5.74) is 14.5. The molecule has 0 unspecified atom stereocenters. The lowest BCUT2D eigenvalue weighted by Gasteiger charge is -2.37. The average molecular weight is 439 g/mol. The van der Waals surface area contributed by atoms with Crippen molar-refractivity contribution in [3.63, 3.8) is 0 Å². The fraction of sp³-hybridized carbons (Fsp3) is 0.222. The third-order valence-corrected chi connectivity index (χ3v) is 5.94. The van der Waals surface area contributed by atoms with E-state index in [0.717, 1.165) is 28.1 Å². The van der Waals surface area contributed by atoms with E-state index in [9.17, 15) is 0 Å². The highest BCUT2D eigenvalue weighted by Crippen LogP contribution is 2.36. The maximum atomic E-state index is 8.77. The van der Waals surface area contributed by atoms with E-state index in [1.54, 1.807) is 0 Å². The lowest BCUT2D eigenvalue weighted by Crippen LogP contribution is -2.34. The van der Waals surface area contributed by atoms with Gasteiger partial charge in [0.05, 0.1) is 17.8 Å². The molecule has 2 aromatic carbocycles. The smallest absolute Gasteiger partial charge is 0.141 e. The normalized spacial score (nSPS) is 13.1. The summed E-state index contributed by atoms with van der Waals surface area (Å²) in [7, 11) is 0. The van der Waals surface area contributed by atoms with Gasteiger partial charge >= 0.3 is 0 Å². The van der Waals surface area contributed by atoms with Crippen LogP contribution < -0.4 is 11.1 Å². The summed E-state index contributed by atoms with van der Waals surface area (Å²) >= 11 is 0. The molecule has 0 atom stereocenters. The van der Waals surface area contributed by atoms with E-state index >= 15 is 0 Å². The van der Waals surface area contributed by atoms with E-state index in [4.69, 9.17) is 11.1 Å². The second-order valence-corrected chi connectivity index (χ2v) is 8.66. The topological polar surface area (TPSA) is 90.9 Å². The number of aromatic nitrogens is 2. The van der Waals surface area contributed by atoms with Gasteiger partial charge in [-0.3, -0.25) is 5.41 Å². The molecular weight excluding hydrogens is 408 g/mol. The number of anilines is 2. The van der Waals surface area contributed by atoms with Crippen molar-refractivity contribution in [3.8, 4) is 0 Å². The van der Waals surface area contributed by atoms with Crippen molar-refractivity contribution in [1.29, 1.82) is 5.41 Å². The van der Waals surface area contributed by atoms with Gasteiger partial charge in [0.2, 0.25) is 0 Å². The minimum atomic E-state index is 0.235. The average Bonchev–Trinajstić information content (AvgIpc) is 2.77. The lowest BCUT2D eigenvalue weighted by molar-refractivity contribution is 0.402. The van der Waals surface area contributed by atoms with Gasteiger partial charge in [-0.25, -0.2) is 9.97 Å². The van der Waals surface area contributed by atoms with Gasteiger partial charge in [0.1, 0.15) is 18.0 Å². The fourth-order valence-corrected chi connectivity index (χ4v) is 4.35. The van der Waals surface area contributed by atoms with Crippen molar-refractivity contribution in [3.05, 3.63) is 94.4 Å². The molecule has 0 aliphatic carbocycles. The molecule has 2 heterocycles. The minimum Gasteiger partial charge on any atom is -0.383 e. The van der Waals surface area contributed by atoms with Crippen LogP contribution in [0, 0.1) is 19.3 Å². The van der Waals surface area contributed by atoms with Crippen LogP contribution in [0.25, 0.3) is 11.8 Å². The second kappa shape index (κ2) is 8.90. The molecule has 0 fully saturated rings. The third-order valence-electron chi connectivity index (χ3n) is 5.94. The standard InChI is InChI=1S/C27H30N6/c1-16(2)33-19(5)23-18(4)7-6-8-21(23)13-22(33)14-30-27-24(26(29)31-15-32-27)25(28)20-11-9-17(3)10-12-20/h6-13,15-16,28H,5,14H2,1-4H3,(H3,29,30,31,32). The summed E-state index contributed by atoms with van der Waals surface area (Å²) in [6, 6.07) is 14.3. The van der Waals surface area contributed by atoms with E-state index in [0.29, 0.717) is 23.6 Å². The molecule has 0 saturated carbocycles. The van der Waals surface area contributed by atoms with Crippen LogP contribution in [-0.4, -0.2) is 33.2 Å². The number of aryl methyl sites for hydroxylation is 2. The molecule has 4 rings (SSSR count). The van der Waals surface area contributed by atoms with Gasteiger partial charge in [-0.05, 0) is 44.9 Å². The Hall–Kier alpha value is -3.93. The summed E-state index contributed by atoms with van der Waals surface area (Å²) in [4.78, 5) is 10.8. The Balaban J connectivity index is 1.68. The SMILES string of the molecule is C=C1c2c(C)cccc2C=C(CNc2ncnc(N)c2C(=N)c2ccc(C)cc2)N1C(C)C. The fourth-order valence-electron chi connectivity index (χ4n) is 4.35. The highest BCUT2D eigenvalue weighted by atomic mass is 15.2. The van der Waals surface area contributed by atoms with E-state index in [-0.39, 0.29) is 11.9 Å². The molecule has 0 bridgehead atoms. The zero-order valence-electron chi connectivity index (χ0n) is 19.6. The number of hydrogen-bond donors (Lipinski definition) is 3. The first-order valence-electron chi connectivity index (χ1n) is 11.1. The van der Waals surface area contributed by atoms with Crippen LogP contribution in [0.5, 0.6) is 0 Å². The van der Waals surface area contributed by atoms with Crippen molar-refractivity contribution in [2.24, 2.45) is 0 Å². The molecule has 1 aliphatic rings. The van der Waals surface area contributed by atoms with Crippen LogP contribution in [0.3, 0.4) is 0 Å². The first-order valence-corrected chi connectivity index (χ1v) is 11.1. The Labute approximate surface area is 195 Å². The molecule has 6 nitrogen and oxygen atoms in total. The predicted octanol–water partition coefficient (Wildman–Crippen LogP) is 5.24. The number of rotatable bonds is 6. The summed E-state index contributed by atoms with van der Waals surface area (Å²) in [5, 5.41) is 12.2. The van der Waals surface area contributed by atoms with E-state index in [2.05, 4.69) is 71.8 Å². The molecule has 3 aromatic rings. The molecule has 33 heavy (non-hydrogen) atoms. The van der Waals surface area contributed by atoms with Gasteiger partial charge in [0, 0.05) is 28.6 Å². The van der Waals surface area contributed by atoms with Crippen LogP contribution in [0.15, 0.2) is 61.1 Å². The highest BCUT2D eigenvalue weighted by Gasteiger charge is 2.26. The monoisotopic (exact) mass is 438 g/mol. The van der Waals surface area contributed by atoms with Gasteiger partial charge in [0.25, 0.3) is 0 Å². The Kier molecular flexibility index (Phi) is 6.01. The second-order valence-electron chi connectivity index (χ2n) is 8.66. The van der Waals surface area contributed by atoms with Crippen LogP contribution in [0.4, 0.5) is 11.6 Å². The van der Waals surface area contributed by atoms with Gasteiger partial charge in [-0.1, -0.05) is 54.6 Å². The summed E-state index contributed by atoms with van der Waals surface area (Å²) in [6.45, 7) is 13.4. The molecular formula is C27H30N6. The number of nitrogen functional groups attached to an aromatic ring is 1. The van der Waals surface area contributed by atoms with Crippen LogP contribution in [-0.2, 0) is 0 Å². The van der Waals surface area contributed by atoms with Crippen LogP contribution >= 0.6 is 0 Å². The molecule has 6 heteroatoms. The Bertz CT molecular complexity index is 1250.